The van der Waals surface area contributed by atoms with Gasteiger partial charge in [-0.2, -0.15) is 0 Å². The molecule has 0 atom stereocenters. The van der Waals surface area contributed by atoms with Crippen LogP contribution in [0.15, 0.2) is 24.5 Å². The third kappa shape index (κ3) is 3.29. The molecule has 0 saturated carbocycles. The number of aromatic nitrogens is 1. The van der Waals surface area contributed by atoms with Gasteiger partial charge in [-0.05, 0) is 56.0 Å². The molecule has 1 saturated heterocycles. The fourth-order valence-electron chi connectivity index (χ4n) is 2.25. The largest absolute Gasteiger partial charge is 0.303 e. The van der Waals surface area contributed by atoms with Crippen molar-refractivity contribution in [3.05, 3.63) is 30.1 Å². The molecule has 1 N–H and O–H groups in total. The molecule has 0 aliphatic carbocycles. The lowest BCUT2D eigenvalue weighted by molar-refractivity contribution is 0.188. The molecule has 1 aliphatic heterocycles. The second-order valence-corrected chi connectivity index (χ2v) is 4.59. The van der Waals surface area contributed by atoms with Gasteiger partial charge < -0.3 is 4.90 Å². The van der Waals surface area contributed by atoms with Gasteiger partial charge in [0.15, 0.2) is 0 Å². The average molecular weight is 218 g/mol. The summed E-state index contributed by atoms with van der Waals surface area (Å²) < 4.78 is 0. The highest BCUT2D eigenvalue weighted by atomic mass is 15.1. The second-order valence-electron chi connectivity index (χ2n) is 4.59. The van der Waals surface area contributed by atoms with E-state index in [0.717, 1.165) is 13.0 Å². The SMILES string of the molecule is [NH]CC1CCN(CCc2ccncc2)CC1. The van der Waals surface area contributed by atoms with E-state index < -0.39 is 0 Å². The van der Waals surface area contributed by atoms with Gasteiger partial charge in [0.25, 0.3) is 0 Å². The van der Waals surface area contributed by atoms with E-state index in [0.29, 0.717) is 12.5 Å². The lowest BCUT2D eigenvalue weighted by Crippen LogP contribution is -2.36. The topological polar surface area (TPSA) is 39.9 Å². The molecule has 0 spiro atoms. The number of nitrogens with zero attached hydrogens (tertiary/aromatic N) is 2. The summed E-state index contributed by atoms with van der Waals surface area (Å²) in [6.07, 6.45) is 7.26. The highest BCUT2D eigenvalue weighted by molar-refractivity contribution is 5.09. The smallest absolute Gasteiger partial charge is 0.0270 e. The number of rotatable bonds is 4. The molecule has 3 nitrogen and oxygen atoms in total. The summed E-state index contributed by atoms with van der Waals surface area (Å²) in [5, 5.41) is 0. The minimum absolute atomic E-state index is 0.609. The molecular formula is C13H20N3. The third-order valence-corrected chi connectivity index (χ3v) is 3.46. The molecule has 0 aromatic carbocycles. The minimum atomic E-state index is 0.609. The summed E-state index contributed by atoms with van der Waals surface area (Å²) in [6.45, 7) is 4.11. The van der Waals surface area contributed by atoms with Crippen molar-refractivity contribution in [1.82, 2.24) is 15.6 Å². The first-order valence-electron chi connectivity index (χ1n) is 6.14. The summed E-state index contributed by atoms with van der Waals surface area (Å²) >= 11 is 0. The zero-order valence-corrected chi connectivity index (χ0v) is 9.73. The number of hydrogen-bond acceptors (Lipinski definition) is 2. The zero-order valence-electron chi connectivity index (χ0n) is 9.73. The first kappa shape index (κ1) is 11.6. The molecule has 1 radical (unpaired) electrons. The zero-order chi connectivity index (χ0) is 11.2. The molecular weight excluding hydrogens is 198 g/mol. The van der Waals surface area contributed by atoms with Crippen molar-refractivity contribution in [3.63, 3.8) is 0 Å². The Morgan fingerprint density at radius 2 is 1.94 bits per heavy atom. The maximum Gasteiger partial charge on any atom is 0.0270 e. The molecule has 2 rings (SSSR count). The van der Waals surface area contributed by atoms with Crippen LogP contribution in [-0.2, 0) is 6.42 Å². The van der Waals surface area contributed by atoms with Gasteiger partial charge in [0.1, 0.15) is 0 Å². The van der Waals surface area contributed by atoms with Crippen LogP contribution < -0.4 is 5.73 Å². The highest BCUT2D eigenvalue weighted by Gasteiger charge is 2.17. The van der Waals surface area contributed by atoms with Gasteiger partial charge in [-0.3, -0.25) is 10.7 Å². The van der Waals surface area contributed by atoms with E-state index in [-0.39, 0.29) is 0 Å². The highest BCUT2D eigenvalue weighted by Crippen LogP contribution is 2.16. The predicted octanol–water partition coefficient (Wildman–Crippen LogP) is 1.62. The Kier molecular flexibility index (Phi) is 4.31. The van der Waals surface area contributed by atoms with Crippen molar-refractivity contribution >= 4 is 0 Å². The molecule has 1 aliphatic rings. The molecule has 1 aromatic heterocycles. The van der Waals surface area contributed by atoms with Gasteiger partial charge in [-0.25, -0.2) is 0 Å². The fraction of sp³-hybridized carbons (Fsp3) is 0.615. The molecule has 3 heteroatoms. The summed E-state index contributed by atoms with van der Waals surface area (Å²) in [6, 6.07) is 4.19. The second kappa shape index (κ2) is 5.97. The van der Waals surface area contributed by atoms with Crippen LogP contribution in [0.3, 0.4) is 0 Å². The lowest BCUT2D eigenvalue weighted by Gasteiger charge is -2.31. The molecule has 0 amide bonds. The standard InChI is InChI=1S/C13H20N3/c14-11-13-4-9-16(10-5-13)8-3-12-1-6-15-7-2-12/h1-2,6-7,13-14H,3-5,8-11H2. The van der Waals surface area contributed by atoms with Crippen LogP contribution >= 0.6 is 0 Å². The quantitative estimate of drug-likeness (QED) is 0.770. The van der Waals surface area contributed by atoms with Gasteiger partial charge in [0.2, 0.25) is 0 Å². The Labute approximate surface area is 97.7 Å². The van der Waals surface area contributed by atoms with Crippen molar-refractivity contribution in [2.45, 2.75) is 19.3 Å². The Bertz CT molecular complexity index is 291. The van der Waals surface area contributed by atoms with Gasteiger partial charge in [-0.15, -0.1) is 0 Å². The normalized spacial score (nSPS) is 18.8. The molecule has 2 heterocycles. The summed E-state index contributed by atoms with van der Waals surface area (Å²) in [5.41, 5.74) is 8.75. The van der Waals surface area contributed by atoms with Crippen molar-refractivity contribution in [3.8, 4) is 0 Å². The Morgan fingerprint density at radius 3 is 2.56 bits per heavy atom. The van der Waals surface area contributed by atoms with Crippen LogP contribution in [0.4, 0.5) is 0 Å². The van der Waals surface area contributed by atoms with Crippen LogP contribution in [0.25, 0.3) is 0 Å². The number of likely N-dealkylation sites (tertiary alicyclic amines) is 1. The van der Waals surface area contributed by atoms with E-state index in [2.05, 4.69) is 22.0 Å². The maximum absolute atomic E-state index is 7.37. The van der Waals surface area contributed by atoms with Gasteiger partial charge in [-0.1, -0.05) is 0 Å². The number of hydrogen-bond donors (Lipinski definition) is 0. The van der Waals surface area contributed by atoms with Crippen molar-refractivity contribution in [2.75, 3.05) is 26.2 Å². The van der Waals surface area contributed by atoms with E-state index in [9.17, 15) is 0 Å². The van der Waals surface area contributed by atoms with Crippen LogP contribution in [0.1, 0.15) is 18.4 Å². The number of pyridine rings is 1. The molecule has 0 bridgehead atoms. The van der Waals surface area contributed by atoms with E-state index in [4.69, 9.17) is 5.73 Å². The number of nitrogens with one attached hydrogen (secondary N) is 1. The Morgan fingerprint density at radius 1 is 1.25 bits per heavy atom. The van der Waals surface area contributed by atoms with E-state index in [1.54, 1.807) is 0 Å². The Hall–Kier alpha value is -0.930. The van der Waals surface area contributed by atoms with Gasteiger partial charge >= 0.3 is 0 Å². The summed E-state index contributed by atoms with van der Waals surface area (Å²) in [7, 11) is 0. The van der Waals surface area contributed by atoms with Crippen molar-refractivity contribution in [1.29, 1.82) is 0 Å². The van der Waals surface area contributed by atoms with E-state index >= 15 is 0 Å². The van der Waals surface area contributed by atoms with E-state index in [1.807, 2.05) is 12.4 Å². The van der Waals surface area contributed by atoms with Crippen LogP contribution in [0.2, 0.25) is 0 Å². The molecule has 87 valence electrons. The first-order chi connectivity index (χ1) is 7.88. The fourth-order valence-corrected chi connectivity index (χ4v) is 2.25. The van der Waals surface area contributed by atoms with Crippen molar-refractivity contribution < 1.29 is 0 Å². The van der Waals surface area contributed by atoms with E-state index in [1.165, 1.54) is 31.5 Å². The van der Waals surface area contributed by atoms with Crippen LogP contribution in [-0.4, -0.2) is 36.1 Å². The molecule has 1 aromatic rings. The van der Waals surface area contributed by atoms with Crippen LogP contribution in [0, 0.1) is 5.92 Å². The monoisotopic (exact) mass is 218 g/mol. The molecule has 1 fully saturated rings. The summed E-state index contributed by atoms with van der Waals surface area (Å²) in [5.74, 6) is 0.650. The van der Waals surface area contributed by atoms with Crippen molar-refractivity contribution in [2.24, 2.45) is 5.92 Å². The molecule has 0 unspecified atom stereocenters. The van der Waals surface area contributed by atoms with Gasteiger partial charge in [0.05, 0.1) is 0 Å². The maximum atomic E-state index is 7.37. The summed E-state index contributed by atoms with van der Waals surface area (Å²) in [4.78, 5) is 6.55. The number of piperidine rings is 1. The molecule has 16 heavy (non-hydrogen) atoms. The van der Waals surface area contributed by atoms with Crippen LogP contribution in [0.5, 0.6) is 0 Å². The minimum Gasteiger partial charge on any atom is -0.303 e. The third-order valence-electron chi connectivity index (χ3n) is 3.46. The predicted molar refractivity (Wildman–Crippen MR) is 65.1 cm³/mol. The first-order valence-corrected chi connectivity index (χ1v) is 6.14. The van der Waals surface area contributed by atoms with Gasteiger partial charge in [0, 0.05) is 25.5 Å². The Balaban J connectivity index is 1.72. The lowest BCUT2D eigenvalue weighted by atomic mass is 9.97. The average Bonchev–Trinajstić information content (AvgIpc) is 2.38.